The van der Waals surface area contributed by atoms with Crippen molar-refractivity contribution < 1.29 is 23.1 Å². The van der Waals surface area contributed by atoms with Gasteiger partial charge in [-0.15, -0.1) is 0 Å². The molecule has 1 atom stereocenters. The second-order valence-electron chi connectivity index (χ2n) is 6.87. The number of hydrogen-bond donors (Lipinski definition) is 1. The number of sulfone groups is 1. The first-order valence-electron chi connectivity index (χ1n) is 8.79. The van der Waals surface area contributed by atoms with Crippen LogP contribution in [0.25, 0.3) is 0 Å². The van der Waals surface area contributed by atoms with Gasteiger partial charge in [0.05, 0.1) is 4.90 Å². The van der Waals surface area contributed by atoms with Crippen LogP contribution in [0.3, 0.4) is 0 Å². The van der Waals surface area contributed by atoms with Gasteiger partial charge >= 0.3 is 0 Å². The topological polar surface area (TPSA) is 83.9 Å². The van der Waals surface area contributed by atoms with Crippen LogP contribution in [0, 0.1) is 5.92 Å². The zero-order valence-corrected chi connectivity index (χ0v) is 15.1. The Hall–Kier alpha value is -1.44. The van der Waals surface area contributed by atoms with Crippen LogP contribution in [-0.4, -0.2) is 62.0 Å². The van der Waals surface area contributed by atoms with Gasteiger partial charge in [0.15, 0.2) is 14.6 Å². The summed E-state index contributed by atoms with van der Waals surface area (Å²) in [7, 11) is -3.83. The fourth-order valence-electron chi connectivity index (χ4n) is 3.81. The first kappa shape index (κ1) is 18.4. The summed E-state index contributed by atoms with van der Waals surface area (Å²) in [6.07, 6.45) is 1.99. The number of aliphatic hydroxyl groups excluding tert-OH is 1. The minimum atomic E-state index is -3.83. The number of rotatable bonds is 4. The third-order valence-electron chi connectivity index (χ3n) is 5.32. The van der Waals surface area contributed by atoms with Crippen LogP contribution in [0.4, 0.5) is 0 Å². The summed E-state index contributed by atoms with van der Waals surface area (Å²) in [5.74, 6) is -0.313. The molecule has 0 saturated carbocycles. The maximum atomic E-state index is 13.4. The van der Waals surface area contributed by atoms with E-state index in [4.69, 9.17) is 4.74 Å². The number of benzene rings is 1. The van der Waals surface area contributed by atoms with E-state index in [0.717, 1.165) is 12.8 Å². The lowest BCUT2D eigenvalue weighted by atomic mass is 9.93. The van der Waals surface area contributed by atoms with Crippen LogP contribution in [-0.2, 0) is 19.4 Å². The first-order chi connectivity index (χ1) is 12.0. The van der Waals surface area contributed by atoms with E-state index in [0.29, 0.717) is 13.1 Å². The average molecular weight is 367 g/mol. The molecule has 2 fully saturated rings. The number of hydrogen-bond acceptors (Lipinski definition) is 5. The van der Waals surface area contributed by atoms with Gasteiger partial charge in [0, 0.05) is 32.9 Å². The van der Waals surface area contributed by atoms with E-state index in [1.165, 1.54) is 0 Å². The quantitative estimate of drug-likeness (QED) is 0.866. The van der Waals surface area contributed by atoms with E-state index in [1.807, 2.05) is 0 Å². The number of ether oxygens (including phenoxy) is 1. The lowest BCUT2D eigenvalue weighted by molar-refractivity contribution is -0.138. The number of carbonyl (C=O) groups is 1. The van der Waals surface area contributed by atoms with Gasteiger partial charge in [-0.3, -0.25) is 4.79 Å². The molecule has 1 amide bonds. The van der Waals surface area contributed by atoms with Crippen molar-refractivity contribution in [2.45, 2.75) is 35.3 Å². The van der Waals surface area contributed by atoms with Crippen molar-refractivity contribution >= 4 is 15.7 Å². The van der Waals surface area contributed by atoms with E-state index < -0.39 is 14.6 Å². The van der Waals surface area contributed by atoms with Gasteiger partial charge in [0.1, 0.15) is 0 Å². The van der Waals surface area contributed by atoms with Gasteiger partial charge in [-0.05, 0) is 43.7 Å². The molecule has 7 heteroatoms. The van der Waals surface area contributed by atoms with Crippen LogP contribution < -0.4 is 0 Å². The lowest BCUT2D eigenvalue weighted by Gasteiger charge is -2.41. The molecule has 2 aliphatic heterocycles. The molecule has 0 aromatic heterocycles. The molecule has 3 rings (SSSR count). The van der Waals surface area contributed by atoms with Crippen LogP contribution in [0.15, 0.2) is 35.2 Å². The standard InChI is InChI=1S/C18H25NO5S/c20-14-15-5-4-10-19(13-15)17(21)18(8-11-24-12-9-18)25(22,23)16-6-2-1-3-7-16/h1-3,6-7,15,20H,4-5,8-14H2. The van der Waals surface area contributed by atoms with Crippen LogP contribution in [0.2, 0.25) is 0 Å². The third-order valence-corrected chi connectivity index (χ3v) is 7.83. The summed E-state index contributed by atoms with van der Waals surface area (Å²) in [5, 5.41) is 9.43. The second kappa shape index (κ2) is 7.43. The maximum absolute atomic E-state index is 13.4. The van der Waals surface area contributed by atoms with Gasteiger partial charge in [-0.25, -0.2) is 8.42 Å². The summed E-state index contributed by atoms with van der Waals surface area (Å²) in [5.41, 5.74) is 0. The zero-order chi connectivity index (χ0) is 17.9. The van der Waals surface area contributed by atoms with Crippen molar-refractivity contribution in [2.75, 3.05) is 32.9 Å². The fraction of sp³-hybridized carbons (Fsp3) is 0.611. The number of amides is 1. The van der Waals surface area contributed by atoms with E-state index in [1.54, 1.807) is 35.2 Å². The maximum Gasteiger partial charge on any atom is 0.244 e. The SMILES string of the molecule is O=C(N1CCCC(CO)C1)C1(S(=O)(=O)c2ccccc2)CCOCC1. The highest BCUT2D eigenvalue weighted by atomic mass is 32.2. The van der Waals surface area contributed by atoms with Crippen molar-refractivity contribution in [1.29, 1.82) is 0 Å². The Balaban J connectivity index is 1.97. The predicted molar refractivity (Wildman–Crippen MR) is 92.8 cm³/mol. The molecule has 1 aromatic carbocycles. The van der Waals surface area contributed by atoms with E-state index in [-0.39, 0.29) is 49.4 Å². The van der Waals surface area contributed by atoms with Gasteiger partial charge in [0.25, 0.3) is 0 Å². The molecular formula is C18H25NO5S. The van der Waals surface area contributed by atoms with Crippen LogP contribution in [0.1, 0.15) is 25.7 Å². The van der Waals surface area contributed by atoms with Crippen molar-refractivity contribution in [1.82, 2.24) is 4.90 Å². The second-order valence-corrected chi connectivity index (χ2v) is 9.12. The van der Waals surface area contributed by atoms with Gasteiger partial charge in [0.2, 0.25) is 5.91 Å². The Morgan fingerprint density at radius 3 is 2.56 bits per heavy atom. The summed E-state index contributed by atoms with van der Waals surface area (Å²) >= 11 is 0. The molecule has 1 unspecified atom stereocenters. The molecule has 0 spiro atoms. The van der Waals surface area contributed by atoms with Crippen LogP contribution >= 0.6 is 0 Å². The molecule has 2 aliphatic rings. The fourth-order valence-corrected chi connectivity index (χ4v) is 5.84. The summed E-state index contributed by atoms with van der Waals surface area (Å²) in [6.45, 7) is 1.50. The van der Waals surface area contributed by atoms with Crippen molar-refractivity contribution in [2.24, 2.45) is 5.92 Å². The van der Waals surface area contributed by atoms with Gasteiger partial charge in [-0.1, -0.05) is 18.2 Å². The molecule has 1 aromatic rings. The Morgan fingerprint density at radius 2 is 1.92 bits per heavy atom. The highest BCUT2D eigenvalue weighted by Gasteiger charge is 2.54. The molecule has 138 valence electrons. The number of carbonyl (C=O) groups excluding carboxylic acids is 1. The van der Waals surface area contributed by atoms with Crippen LogP contribution in [0.5, 0.6) is 0 Å². The third kappa shape index (κ3) is 3.32. The molecule has 2 heterocycles. The Kier molecular flexibility index (Phi) is 5.46. The molecule has 0 bridgehead atoms. The number of piperidine rings is 1. The highest BCUT2D eigenvalue weighted by Crippen LogP contribution is 2.37. The zero-order valence-electron chi connectivity index (χ0n) is 14.3. The monoisotopic (exact) mass is 367 g/mol. The number of aliphatic hydroxyl groups is 1. The van der Waals surface area contributed by atoms with E-state index in [2.05, 4.69) is 0 Å². The smallest absolute Gasteiger partial charge is 0.244 e. The molecule has 6 nitrogen and oxygen atoms in total. The molecule has 2 saturated heterocycles. The molecule has 25 heavy (non-hydrogen) atoms. The Bertz CT molecular complexity index is 697. The molecule has 0 radical (unpaired) electrons. The van der Waals surface area contributed by atoms with Crippen molar-refractivity contribution in [3.05, 3.63) is 30.3 Å². The average Bonchev–Trinajstić information content (AvgIpc) is 2.68. The highest BCUT2D eigenvalue weighted by molar-refractivity contribution is 7.93. The predicted octanol–water partition coefficient (Wildman–Crippen LogP) is 1.24. The number of likely N-dealkylation sites (tertiary alicyclic amines) is 1. The normalized spacial score (nSPS) is 24.0. The first-order valence-corrected chi connectivity index (χ1v) is 10.3. The van der Waals surface area contributed by atoms with Gasteiger partial charge < -0.3 is 14.7 Å². The molecule has 1 N–H and O–H groups in total. The minimum absolute atomic E-state index is 0.0192. The van der Waals surface area contributed by atoms with Gasteiger partial charge in [-0.2, -0.15) is 0 Å². The van der Waals surface area contributed by atoms with E-state index >= 15 is 0 Å². The lowest BCUT2D eigenvalue weighted by Crippen LogP contribution is -2.58. The van der Waals surface area contributed by atoms with Crippen molar-refractivity contribution in [3.8, 4) is 0 Å². The molecule has 0 aliphatic carbocycles. The summed E-state index contributed by atoms with van der Waals surface area (Å²) in [4.78, 5) is 15.2. The summed E-state index contributed by atoms with van der Waals surface area (Å²) in [6, 6.07) is 8.20. The Labute approximate surface area is 148 Å². The minimum Gasteiger partial charge on any atom is -0.396 e. The van der Waals surface area contributed by atoms with E-state index in [9.17, 15) is 18.3 Å². The Morgan fingerprint density at radius 1 is 1.24 bits per heavy atom. The summed E-state index contributed by atoms with van der Waals surface area (Å²) < 4.78 is 30.7. The largest absolute Gasteiger partial charge is 0.396 e. The van der Waals surface area contributed by atoms with Crippen molar-refractivity contribution in [3.63, 3.8) is 0 Å². The molecular weight excluding hydrogens is 342 g/mol. The number of nitrogens with zero attached hydrogens (tertiary/aromatic N) is 1.